The molecule has 5 nitrogen and oxygen atoms in total. The van der Waals surface area contributed by atoms with Gasteiger partial charge < -0.3 is 15.6 Å². The highest BCUT2D eigenvalue weighted by molar-refractivity contribution is 6.03. The molecule has 1 heterocycles. The van der Waals surface area contributed by atoms with Crippen LogP contribution in [-0.4, -0.2) is 29.5 Å². The average molecular weight is 389 g/mol. The van der Waals surface area contributed by atoms with Crippen molar-refractivity contribution in [3.05, 3.63) is 65.9 Å². The summed E-state index contributed by atoms with van der Waals surface area (Å²) in [5, 5.41) is 5.45. The number of aromatic nitrogens is 1. The average Bonchev–Trinajstić information content (AvgIpc) is 3.07. The zero-order valence-electron chi connectivity index (χ0n) is 14.8. The van der Waals surface area contributed by atoms with Gasteiger partial charge in [0.2, 0.25) is 5.91 Å². The van der Waals surface area contributed by atoms with Crippen molar-refractivity contribution >= 4 is 28.4 Å². The third-order valence-electron chi connectivity index (χ3n) is 4.19. The van der Waals surface area contributed by atoms with Crippen LogP contribution in [0.4, 0.5) is 18.9 Å². The first-order valence-corrected chi connectivity index (χ1v) is 8.62. The van der Waals surface area contributed by atoms with Crippen molar-refractivity contribution in [3.8, 4) is 0 Å². The molecule has 0 aliphatic heterocycles. The number of hydrogen-bond donors (Lipinski definition) is 3. The van der Waals surface area contributed by atoms with Gasteiger partial charge in [-0.3, -0.25) is 9.59 Å². The Kier molecular flexibility index (Phi) is 5.67. The van der Waals surface area contributed by atoms with Gasteiger partial charge in [0.25, 0.3) is 5.91 Å². The first-order valence-electron chi connectivity index (χ1n) is 8.62. The second kappa shape index (κ2) is 8.16. The number of aryl methyl sites for hydroxylation is 1. The van der Waals surface area contributed by atoms with E-state index in [0.717, 1.165) is 16.5 Å². The van der Waals surface area contributed by atoms with Gasteiger partial charge in [-0.25, -0.2) is 0 Å². The second-order valence-electron chi connectivity index (χ2n) is 6.25. The van der Waals surface area contributed by atoms with E-state index in [9.17, 15) is 22.8 Å². The van der Waals surface area contributed by atoms with Crippen molar-refractivity contribution in [3.63, 3.8) is 0 Å². The van der Waals surface area contributed by atoms with Crippen LogP contribution >= 0.6 is 0 Å². The molecular formula is C20H18F3N3O2. The maximum absolute atomic E-state index is 12.3. The lowest BCUT2D eigenvalue weighted by Gasteiger charge is -2.12. The first kappa shape index (κ1) is 19.5. The number of H-pyrrole nitrogens is 1. The number of fused-ring (bicyclic) bond motifs is 1. The SMILES string of the molecule is O=C(CCc1c[nH]c2ccccc12)Nc1ccccc1C(=O)NCC(F)(F)F. The smallest absolute Gasteiger partial charge is 0.361 e. The summed E-state index contributed by atoms with van der Waals surface area (Å²) >= 11 is 0. The Labute approximate surface area is 158 Å². The van der Waals surface area contributed by atoms with E-state index in [2.05, 4.69) is 10.3 Å². The summed E-state index contributed by atoms with van der Waals surface area (Å²) in [6.07, 6.45) is -2.01. The van der Waals surface area contributed by atoms with E-state index in [4.69, 9.17) is 0 Å². The number of aromatic amines is 1. The van der Waals surface area contributed by atoms with E-state index in [1.165, 1.54) is 18.2 Å². The maximum atomic E-state index is 12.3. The van der Waals surface area contributed by atoms with Crippen molar-refractivity contribution in [2.24, 2.45) is 0 Å². The van der Waals surface area contributed by atoms with Crippen LogP contribution < -0.4 is 10.6 Å². The number of alkyl halides is 3. The minimum Gasteiger partial charge on any atom is -0.361 e. The Bertz CT molecular complexity index is 996. The molecule has 0 atom stereocenters. The molecule has 1 aromatic heterocycles. The Morgan fingerprint density at radius 2 is 1.71 bits per heavy atom. The van der Waals surface area contributed by atoms with Crippen LogP contribution in [0.2, 0.25) is 0 Å². The summed E-state index contributed by atoms with van der Waals surface area (Å²) in [5.74, 6) is -1.23. The Morgan fingerprint density at radius 3 is 2.50 bits per heavy atom. The number of halogens is 3. The van der Waals surface area contributed by atoms with Gasteiger partial charge in [0, 0.05) is 23.5 Å². The van der Waals surface area contributed by atoms with Gasteiger partial charge in [0.05, 0.1) is 11.3 Å². The molecule has 8 heteroatoms. The Hall–Kier alpha value is -3.29. The number of carbonyl (C=O) groups is 2. The molecule has 0 bridgehead atoms. The fourth-order valence-corrected chi connectivity index (χ4v) is 2.87. The topological polar surface area (TPSA) is 74.0 Å². The van der Waals surface area contributed by atoms with Crippen LogP contribution in [0.25, 0.3) is 10.9 Å². The molecule has 0 spiro atoms. The van der Waals surface area contributed by atoms with Crippen LogP contribution in [0.3, 0.4) is 0 Å². The van der Waals surface area contributed by atoms with Crippen LogP contribution in [0.1, 0.15) is 22.3 Å². The van der Waals surface area contributed by atoms with E-state index in [1.54, 1.807) is 6.07 Å². The van der Waals surface area contributed by atoms with Gasteiger partial charge >= 0.3 is 6.18 Å². The molecule has 146 valence electrons. The molecule has 0 fully saturated rings. The number of nitrogens with one attached hydrogen (secondary N) is 3. The minimum atomic E-state index is -4.51. The van der Waals surface area contributed by atoms with Crippen molar-refractivity contribution in [2.75, 3.05) is 11.9 Å². The highest BCUT2D eigenvalue weighted by Crippen LogP contribution is 2.20. The zero-order chi connectivity index (χ0) is 20.1. The van der Waals surface area contributed by atoms with Crippen LogP contribution in [0.15, 0.2) is 54.7 Å². The summed E-state index contributed by atoms with van der Waals surface area (Å²) in [7, 11) is 0. The zero-order valence-corrected chi connectivity index (χ0v) is 14.8. The fraction of sp³-hybridized carbons (Fsp3) is 0.200. The third-order valence-corrected chi connectivity index (χ3v) is 4.19. The summed E-state index contributed by atoms with van der Waals surface area (Å²) in [6.45, 7) is -1.44. The van der Waals surface area contributed by atoms with E-state index < -0.39 is 18.6 Å². The number of benzene rings is 2. The number of anilines is 1. The van der Waals surface area contributed by atoms with Crippen LogP contribution in [-0.2, 0) is 11.2 Å². The summed E-state index contributed by atoms with van der Waals surface area (Å²) in [6, 6.07) is 13.7. The van der Waals surface area contributed by atoms with Gasteiger partial charge in [0.15, 0.2) is 0 Å². The molecule has 0 radical (unpaired) electrons. The fourth-order valence-electron chi connectivity index (χ4n) is 2.87. The lowest BCUT2D eigenvalue weighted by Crippen LogP contribution is -2.34. The summed E-state index contributed by atoms with van der Waals surface area (Å²) in [4.78, 5) is 27.5. The third kappa shape index (κ3) is 4.91. The minimum absolute atomic E-state index is 0.0211. The monoisotopic (exact) mass is 389 g/mol. The van der Waals surface area contributed by atoms with Gasteiger partial charge in [-0.2, -0.15) is 13.2 Å². The predicted octanol–water partition coefficient (Wildman–Crippen LogP) is 4.03. The molecule has 2 aromatic carbocycles. The van der Waals surface area contributed by atoms with Crippen molar-refractivity contribution in [1.29, 1.82) is 0 Å². The quantitative estimate of drug-likeness (QED) is 0.596. The summed E-state index contributed by atoms with van der Waals surface area (Å²) < 4.78 is 36.9. The van der Waals surface area contributed by atoms with E-state index >= 15 is 0 Å². The number of amides is 2. The van der Waals surface area contributed by atoms with Crippen molar-refractivity contribution < 1.29 is 22.8 Å². The molecule has 0 aliphatic carbocycles. The van der Waals surface area contributed by atoms with Gasteiger partial charge in [-0.05, 0) is 30.2 Å². The van der Waals surface area contributed by atoms with Crippen molar-refractivity contribution in [2.45, 2.75) is 19.0 Å². The molecule has 0 saturated heterocycles. The highest BCUT2D eigenvalue weighted by atomic mass is 19.4. The van der Waals surface area contributed by atoms with Gasteiger partial charge in [-0.15, -0.1) is 0 Å². The first-order chi connectivity index (χ1) is 13.3. The molecule has 0 saturated carbocycles. The molecule has 3 aromatic rings. The molecule has 0 aliphatic rings. The summed E-state index contributed by atoms with van der Waals surface area (Å²) in [5.41, 5.74) is 2.12. The lowest BCUT2D eigenvalue weighted by atomic mass is 10.1. The molecule has 3 rings (SSSR count). The molecule has 0 unspecified atom stereocenters. The molecular weight excluding hydrogens is 371 g/mol. The standard InChI is InChI=1S/C20H18F3N3O2/c21-20(22,23)12-25-19(28)15-6-2-4-8-17(15)26-18(27)10-9-13-11-24-16-7-3-1-5-14(13)16/h1-8,11,24H,9-10,12H2,(H,25,28)(H,26,27). The number of hydrogen-bond acceptors (Lipinski definition) is 2. The Balaban J connectivity index is 1.63. The molecule has 3 N–H and O–H groups in total. The van der Waals surface area contributed by atoms with Gasteiger partial charge in [-0.1, -0.05) is 30.3 Å². The largest absolute Gasteiger partial charge is 0.405 e. The van der Waals surface area contributed by atoms with E-state index in [-0.39, 0.29) is 23.6 Å². The number of carbonyl (C=O) groups excluding carboxylic acids is 2. The van der Waals surface area contributed by atoms with Crippen LogP contribution in [0, 0.1) is 0 Å². The van der Waals surface area contributed by atoms with Gasteiger partial charge in [0.1, 0.15) is 6.54 Å². The number of para-hydroxylation sites is 2. The van der Waals surface area contributed by atoms with E-state index in [1.807, 2.05) is 35.8 Å². The normalized spacial score (nSPS) is 11.4. The molecule has 28 heavy (non-hydrogen) atoms. The highest BCUT2D eigenvalue weighted by Gasteiger charge is 2.28. The van der Waals surface area contributed by atoms with Crippen LogP contribution in [0.5, 0.6) is 0 Å². The van der Waals surface area contributed by atoms with Crippen molar-refractivity contribution in [1.82, 2.24) is 10.3 Å². The number of rotatable bonds is 6. The molecule has 2 amide bonds. The predicted molar refractivity (Wildman–Crippen MR) is 100 cm³/mol. The Morgan fingerprint density at radius 1 is 1.00 bits per heavy atom. The van der Waals surface area contributed by atoms with E-state index in [0.29, 0.717) is 6.42 Å². The lowest BCUT2D eigenvalue weighted by molar-refractivity contribution is -0.123. The maximum Gasteiger partial charge on any atom is 0.405 e. The second-order valence-corrected chi connectivity index (χ2v) is 6.25.